The summed E-state index contributed by atoms with van der Waals surface area (Å²) in [4.78, 5) is 17.5. The van der Waals surface area contributed by atoms with E-state index in [1.807, 2.05) is 37.3 Å². The van der Waals surface area contributed by atoms with Crippen LogP contribution in [0.4, 0.5) is 0 Å². The molecule has 0 aliphatic rings. The van der Waals surface area contributed by atoms with Gasteiger partial charge in [-0.3, -0.25) is 4.79 Å². The largest absolute Gasteiger partial charge is 0.493 e. The number of rotatable bonds is 8. The molecular formula is C22H26N2O3S. The molecule has 3 aromatic rings. The summed E-state index contributed by atoms with van der Waals surface area (Å²) in [5, 5.41) is 0. The number of fused-ring (bicyclic) bond motifs is 1. The van der Waals surface area contributed by atoms with Gasteiger partial charge in [0.15, 0.2) is 4.80 Å². The Morgan fingerprint density at radius 3 is 2.68 bits per heavy atom. The number of ether oxygens (including phenoxy) is 2. The molecular weight excluding hydrogens is 372 g/mol. The van der Waals surface area contributed by atoms with Crippen LogP contribution in [0.15, 0.2) is 47.5 Å². The molecule has 2 aromatic carbocycles. The van der Waals surface area contributed by atoms with Crippen molar-refractivity contribution in [2.45, 2.75) is 33.7 Å². The van der Waals surface area contributed by atoms with E-state index in [4.69, 9.17) is 9.47 Å². The molecule has 0 bridgehead atoms. The van der Waals surface area contributed by atoms with E-state index < -0.39 is 0 Å². The quantitative estimate of drug-likeness (QED) is 0.533. The van der Waals surface area contributed by atoms with Crippen molar-refractivity contribution in [3.8, 4) is 5.75 Å². The monoisotopic (exact) mass is 398 g/mol. The van der Waals surface area contributed by atoms with E-state index in [9.17, 15) is 4.79 Å². The number of benzene rings is 2. The SMILES string of the molecule is CCOCCn1c(=NC(=O)CCOc2ccccc2)sc2cc(C)cc(C)c21. The van der Waals surface area contributed by atoms with Gasteiger partial charge in [-0.25, -0.2) is 0 Å². The molecule has 0 unspecified atom stereocenters. The summed E-state index contributed by atoms with van der Waals surface area (Å²) in [6.07, 6.45) is 0.243. The number of thiazole rings is 1. The van der Waals surface area contributed by atoms with Crippen molar-refractivity contribution in [2.75, 3.05) is 19.8 Å². The van der Waals surface area contributed by atoms with Gasteiger partial charge in [0, 0.05) is 13.2 Å². The van der Waals surface area contributed by atoms with Gasteiger partial charge in [0.05, 0.1) is 29.9 Å². The average Bonchev–Trinajstić information content (AvgIpc) is 3.00. The van der Waals surface area contributed by atoms with Gasteiger partial charge in [-0.15, -0.1) is 0 Å². The third-order valence-electron chi connectivity index (χ3n) is 4.32. The van der Waals surface area contributed by atoms with Crippen LogP contribution in [-0.4, -0.2) is 30.3 Å². The molecule has 1 amide bonds. The highest BCUT2D eigenvalue weighted by molar-refractivity contribution is 7.16. The first kappa shape index (κ1) is 20.3. The Morgan fingerprint density at radius 1 is 1.14 bits per heavy atom. The fourth-order valence-electron chi connectivity index (χ4n) is 3.12. The van der Waals surface area contributed by atoms with E-state index in [1.54, 1.807) is 11.3 Å². The normalized spacial score (nSPS) is 11.9. The van der Waals surface area contributed by atoms with Crippen molar-refractivity contribution in [1.82, 2.24) is 4.57 Å². The molecule has 0 spiro atoms. The first-order valence-corrected chi connectivity index (χ1v) is 10.3. The van der Waals surface area contributed by atoms with Crippen LogP contribution in [0.2, 0.25) is 0 Å². The van der Waals surface area contributed by atoms with Gasteiger partial charge in [0.1, 0.15) is 5.75 Å². The molecule has 0 radical (unpaired) electrons. The van der Waals surface area contributed by atoms with E-state index in [2.05, 4.69) is 35.5 Å². The molecule has 28 heavy (non-hydrogen) atoms. The zero-order valence-corrected chi connectivity index (χ0v) is 17.4. The Morgan fingerprint density at radius 2 is 1.93 bits per heavy atom. The summed E-state index contributed by atoms with van der Waals surface area (Å²) in [5.41, 5.74) is 3.52. The van der Waals surface area contributed by atoms with Crippen molar-refractivity contribution in [2.24, 2.45) is 4.99 Å². The lowest BCUT2D eigenvalue weighted by atomic mass is 10.1. The number of carbonyl (C=O) groups is 1. The fourth-order valence-corrected chi connectivity index (χ4v) is 4.37. The van der Waals surface area contributed by atoms with Crippen LogP contribution in [0.25, 0.3) is 10.2 Å². The lowest BCUT2D eigenvalue weighted by Gasteiger charge is -2.08. The van der Waals surface area contributed by atoms with Gasteiger partial charge in [-0.05, 0) is 50.1 Å². The summed E-state index contributed by atoms with van der Waals surface area (Å²) in [5.74, 6) is 0.581. The molecule has 0 aliphatic heterocycles. The second kappa shape index (κ2) is 9.66. The van der Waals surface area contributed by atoms with Crippen molar-refractivity contribution in [3.63, 3.8) is 0 Å². The molecule has 1 aromatic heterocycles. The summed E-state index contributed by atoms with van der Waals surface area (Å²) in [6.45, 7) is 8.40. The van der Waals surface area contributed by atoms with Crippen molar-refractivity contribution in [1.29, 1.82) is 0 Å². The zero-order chi connectivity index (χ0) is 19.9. The van der Waals surface area contributed by atoms with Gasteiger partial charge in [-0.1, -0.05) is 35.6 Å². The smallest absolute Gasteiger partial charge is 0.251 e. The molecule has 0 saturated carbocycles. The van der Waals surface area contributed by atoms with Crippen LogP contribution in [0.3, 0.4) is 0 Å². The number of aryl methyl sites for hydroxylation is 2. The van der Waals surface area contributed by atoms with Gasteiger partial charge in [0.2, 0.25) is 0 Å². The summed E-state index contributed by atoms with van der Waals surface area (Å²) in [6, 6.07) is 13.8. The van der Waals surface area contributed by atoms with Gasteiger partial charge < -0.3 is 14.0 Å². The minimum atomic E-state index is -0.179. The lowest BCUT2D eigenvalue weighted by molar-refractivity contribution is -0.118. The Hall–Kier alpha value is -2.44. The minimum absolute atomic E-state index is 0.179. The minimum Gasteiger partial charge on any atom is -0.493 e. The number of carbonyl (C=O) groups excluding carboxylic acids is 1. The van der Waals surface area contributed by atoms with Crippen LogP contribution < -0.4 is 9.54 Å². The Kier molecular flexibility index (Phi) is 7.01. The molecule has 3 rings (SSSR count). The molecule has 5 nitrogen and oxygen atoms in total. The van der Waals surface area contributed by atoms with E-state index in [0.717, 1.165) is 16.0 Å². The molecule has 148 valence electrons. The maximum absolute atomic E-state index is 12.4. The summed E-state index contributed by atoms with van der Waals surface area (Å²) >= 11 is 1.55. The molecule has 6 heteroatoms. The van der Waals surface area contributed by atoms with Crippen LogP contribution in [0, 0.1) is 13.8 Å². The highest BCUT2D eigenvalue weighted by Crippen LogP contribution is 2.23. The average molecular weight is 399 g/mol. The summed E-state index contributed by atoms with van der Waals surface area (Å²) in [7, 11) is 0. The van der Waals surface area contributed by atoms with Crippen molar-refractivity contribution in [3.05, 3.63) is 58.4 Å². The number of aromatic nitrogens is 1. The molecule has 0 fully saturated rings. The van der Waals surface area contributed by atoms with E-state index in [1.165, 1.54) is 11.1 Å². The highest BCUT2D eigenvalue weighted by atomic mass is 32.1. The first-order chi connectivity index (χ1) is 13.6. The van der Waals surface area contributed by atoms with Gasteiger partial charge in [0.25, 0.3) is 5.91 Å². The van der Waals surface area contributed by atoms with Crippen molar-refractivity contribution >= 4 is 27.5 Å². The third-order valence-corrected chi connectivity index (χ3v) is 5.35. The third kappa shape index (κ3) is 5.09. The predicted octanol–water partition coefficient (Wildman–Crippen LogP) is 4.25. The van der Waals surface area contributed by atoms with E-state index in [-0.39, 0.29) is 12.3 Å². The number of hydrogen-bond donors (Lipinski definition) is 0. The fraction of sp³-hybridized carbons (Fsp3) is 0.364. The second-order valence-electron chi connectivity index (χ2n) is 6.58. The molecule has 0 saturated heterocycles. The van der Waals surface area contributed by atoms with Gasteiger partial charge in [-0.2, -0.15) is 4.99 Å². The topological polar surface area (TPSA) is 52.8 Å². The zero-order valence-electron chi connectivity index (χ0n) is 16.6. The number of nitrogens with zero attached hydrogens (tertiary/aromatic N) is 2. The maximum Gasteiger partial charge on any atom is 0.251 e. The van der Waals surface area contributed by atoms with Crippen molar-refractivity contribution < 1.29 is 14.3 Å². The predicted molar refractivity (Wildman–Crippen MR) is 113 cm³/mol. The molecule has 0 N–H and O–H groups in total. The number of hydrogen-bond acceptors (Lipinski definition) is 4. The molecule has 1 heterocycles. The van der Waals surface area contributed by atoms with Crippen LogP contribution in [0.5, 0.6) is 5.75 Å². The standard InChI is InChI=1S/C22H26N2O3S/c1-4-26-13-11-24-21-17(3)14-16(2)15-19(21)28-22(24)23-20(25)10-12-27-18-8-6-5-7-9-18/h5-9,14-15H,4,10-13H2,1-3H3. The highest BCUT2D eigenvalue weighted by Gasteiger charge is 2.11. The van der Waals surface area contributed by atoms with Crippen LogP contribution in [0.1, 0.15) is 24.5 Å². The molecule has 0 aliphatic carbocycles. The number of para-hydroxylation sites is 1. The van der Waals surface area contributed by atoms with Crippen LogP contribution in [-0.2, 0) is 16.1 Å². The van der Waals surface area contributed by atoms with E-state index in [0.29, 0.717) is 31.2 Å². The molecule has 0 atom stereocenters. The summed E-state index contributed by atoms with van der Waals surface area (Å²) < 4.78 is 14.4. The Labute approximate surface area is 169 Å². The first-order valence-electron chi connectivity index (χ1n) is 9.52. The maximum atomic E-state index is 12.4. The van der Waals surface area contributed by atoms with E-state index >= 15 is 0 Å². The van der Waals surface area contributed by atoms with Crippen LogP contribution >= 0.6 is 11.3 Å². The second-order valence-corrected chi connectivity index (χ2v) is 7.59. The Bertz CT molecular complexity index is 1010. The lowest BCUT2D eigenvalue weighted by Crippen LogP contribution is -2.20. The van der Waals surface area contributed by atoms with Gasteiger partial charge >= 0.3 is 0 Å². The number of amides is 1. The Balaban J connectivity index is 1.82.